The van der Waals surface area contributed by atoms with Crippen LogP contribution in [0.5, 0.6) is 0 Å². The minimum absolute atomic E-state index is 0.0486. The summed E-state index contributed by atoms with van der Waals surface area (Å²) in [4.78, 5) is 0. The van der Waals surface area contributed by atoms with E-state index in [-0.39, 0.29) is 21.7 Å². The zero-order chi connectivity index (χ0) is 13.7. The quantitative estimate of drug-likeness (QED) is 0.626. The van der Waals surface area contributed by atoms with Crippen LogP contribution in [-0.4, -0.2) is 0 Å². The second-order valence-electron chi connectivity index (χ2n) is 3.12. The molecule has 2 N–H and O–H groups in total. The van der Waals surface area contributed by atoms with Crippen molar-refractivity contribution < 1.29 is 4.39 Å². The Kier molecular flexibility index (Phi) is 3.62. The lowest BCUT2D eigenvalue weighted by molar-refractivity contribution is 0.618. The fraction of sp³-hybridized carbons (Fsp3) is 0. The van der Waals surface area contributed by atoms with E-state index in [2.05, 4.69) is 0 Å². The largest absolute Gasteiger partial charge is 0.398 e. The zero-order valence-electron chi connectivity index (χ0n) is 8.90. The first-order valence-corrected chi connectivity index (χ1v) is 4.53. The summed E-state index contributed by atoms with van der Waals surface area (Å²) in [6.07, 6.45) is 0. The number of nitriles is 4. The molecule has 1 aromatic rings. The lowest BCUT2D eigenvalue weighted by atomic mass is 10.1. The van der Waals surface area contributed by atoms with E-state index in [9.17, 15) is 4.39 Å². The molecule has 18 heavy (non-hydrogen) atoms. The van der Waals surface area contributed by atoms with Crippen LogP contribution in [0, 0.1) is 51.1 Å². The zero-order valence-corrected chi connectivity index (χ0v) is 8.90. The van der Waals surface area contributed by atoms with Crippen molar-refractivity contribution in [1.82, 2.24) is 0 Å². The first-order chi connectivity index (χ1) is 8.58. The smallest absolute Gasteiger partial charge is 0.139 e. The predicted molar refractivity (Wildman–Crippen MR) is 59.3 cm³/mol. The molecule has 0 radical (unpaired) electrons. The van der Waals surface area contributed by atoms with Crippen LogP contribution in [0.4, 0.5) is 10.1 Å². The van der Waals surface area contributed by atoms with Gasteiger partial charge in [0.25, 0.3) is 0 Å². The number of hydrogen-bond donors (Lipinski definition) is 1. The number of nitrogens with zero attached hydrogens (tertiary/aromatic N) is 4. The van der Waals surface area contributed by atoms with E-state index in [1.54, 1.807) is 12.1 Å². The highest BCUT2D eigenvalue weighted by Crippen LogP contribution is 1.98. The molecule has 1 rings (SSSR count). The van der Waals surface area contributed by atoms with Gasteiger partial charge in [-0.2, -0.15) is 21.0 Å². The average Bonchev–Trinajstić information content (AvgIpc) is 2.37. The fourth-order valence-corrected chi connectivity index (χ4v) is 1.29. The van der Waals surface area contributed by atoms with E-state index >= 15 is 0 Å². The third-order valence-electron chi connectivity index (χ3n) is 2.13. The number of anilines is 1. The molecule has 0 aliphatic rings. The molecule has 0 atom stereocenters. The summed E-state index contributed by atoms with van der Waals surface area (Å²) in [5.74, 6) is -0.889. The average molecular weight is 237 g/mol. The molecule has 0 saturated heterocycles. The maximum Gasteiger partial charge on any atom is 0.139 e. The Morgan fingerprint density at radius 3 is 1.78 bits per heavy atom. The summed E-state index contributed by atoms with van der Waals surface area (Å²) >= 11 is 0. The van der Waals surface area contributed by atoms with Crippen LogP contribution >= 0.6 is 0 Å². The van der Waals surface area contributed by atoms with Gasteiger partial charge in [-0.15, -0.1) is 0 Å². The lowest BCUT2D eigenvalue weighted by Gasteiger charge is -1.97. The van der Waals surface area contributed by atoms with Gasteiger partial charge in [-0.3, -0.25) is 0 Å². The number of benzene rings is 1. The molecule has 0 amide bonds. The predicted octanol–water partition coefficient (Wildman–Crippen LogP) is -0.196. The Hall–Kier alpha value is -3.35. The van der Waals surface area contributed by atoms with Gasteiger partial charge >= 0.3 is 0 Å². The molecular formula is C12H4FN5. The van der Waals surface area contributed by atoms with Crippen molar-refractivity contribution in [3.8, 4) is 24.3 Å². The third kappa shape index (κ3) is 2.09. The van der Waals surface area contributed by atoms with Crippen molar-refractivity contribution in [2.75, 3.05) is 5.73 Å². The van der Waals surface area contributed by atoms with Gasteiger partial charge in [-0.1, -0.05) is 0 Å². The van der Waals surface area contributed by atoms with E-state index in [1.807, 2.05) is 0 Å². The summed E-state index contributed by atoms with van der Waals surface area (Å²) in [5.41, 5.74) is 4.75. The van der Waals surface area contributed by atoms with Gasteiger partial charge in [0.05, 0.1) is 0 Å². The van der Waals surface area contributed by atoms with Crippen molar-refractivity contribution in [1.29, 1.82) is 21.0 Å². The Bertz CT molecular complexity index is 692. The van der Waals surface area contributed by atoms with Gasteiger partial charge in [0.15, 0.2) is 0 Å². The van der Waals surface area contributed by atoms with Crippen LogP contribution in [0.15, 0.2) is 12.1 Å². The fourth-order valence-electron chi connectivity index (χ4n) is 1.29. The highest BCUT2D eigenvalue weighted by Gasteiger charge is 2.06. The molecule has 0 aromatic heterocycles. The normalized spacial score (nSPS) is 8.28. The standard InChI is InChI=1S/C12H4FN5/c13-11-1-10(8(5-16)6-17)12(18)2-9(11)7(3-14)4-15/h1-2H,18H2. The Morgan fingerprint density at radius 1 is 0.889 bits per heavy atom. The van der Waals surface area contributed by atoms with Gasteiger partial charge < -0.3 is 5.73 Å². The summed E-state index contributed by atoms with van der Waals surface area (Å²) in [6, 6.07) is 8.16. The van der Waals surface area contributed by atoms with Gasteiger partial charge in [-0.25, -0.2) is 4.39 Å². The maximum atomic E-state index is 13.7. The van der Waals surface area contributed by atoms with Gasteiger partial charge in [0, 0.05) is 16.1 Å². The minimum Gasteiger partial charge on any atom is -0.398 e. The van der Waals surface area contributed by atoms with Crippen molar-refractivity contribution in [3.05, 3.63) is 28.4 Å². The van der Waals surface area contributed by atoms with Crippen LogP contribution in [0.2, 0.25) is 0 Å². The molecular weight excluding hydrogens is 233 g/mol. The molecule has 0 aliphatic carbocycles. The second kappa shape index (κ2) is 5.12. The SMILES string of the molecule is N#CC(C#N)=c1cc(F)c(=C(C#N)C#N)cc1N. The van der Waals surface area contributed by atoms with Gasteiger partial charge in [0.2, 0.25) is 0 Å². The summed E-state index contributed by atoms with van der Waals surface area (Å²) in [5, 5.41) is 34.3. The summed E-state index contributed by atoms with van der Waals surface area (Å²) < 4.78 is 13.7. The molecule has 6 heteroatoms. The molecule has 0 spiro atoms. The highest BCUT2D eigenvalue weighted by molar-refractivity contribution is 5.77. The number of nitrogens with two attached hydrogens (primary N) is 1. The van der Waals surface area contributed by atoms with Crippen LogP contribution < -0.4 is 16.2 Å². The molecule has 0 heterocycles. The molecule has 0 fully saturated rings. The van der Waals surface area contributed by atoms with E-state index in [0.29, 0.717) is 0 Å². The summed E-state index contributed by atoms with van der Waals surface area (Å²) in [6.45, 7) is 0. The number of hydrogen-bond acceptors (Lipinski definition) is 5. The Balaban J connectivity index is 3.96. The third-order valence-corrected chi connectivity index (χ3v) is 2.13. The molecule has 1 aromatic carbocycles. The highest BCUT2D eigenvalue weighted by atomic mass is 19.1. The van der Waals surface area contributed by atoms with Gasteiger partial charge in [0.1, 0.15) is 41.2 Å². The van der Waals surface area contributed by atoms with Crippen LogP contribution in [0.25, 0.3) is 11.1 Å². The molecule has 0 aliphatic heterocycles. The van der Waals surface area contributed by atoms with Crippen molar-refractivity contribution in [2.45, 2.75) is 0 Å². The van der Waals surface area contributed by atoms with E-state index < -0.39 is 11.4 Å². The first-order valence-electron chi connectivity index (χ1n) is 4.53. The number of halogens is 1. The molecule has 0 unspecified atom stereocenters. The van der Waals surface area contributed by atoms with E-state index in [0.717, 1.165) is 12.1 Å². The monoisotopic (exact) mass is 237 g/mol. The first kappa shape index (κ1) is 12.7. The molecule has 84 valence electrons. The number of rotatable bonds is 0. The van der Waals surface area contributed by atoms with Crippen LogP contribution in [-0.2, 0) is 0 Å². The van der Waals surface area contributed by atoms with E-state index in [1.165, 1.54) is 12.1 Å². The van der Waals surface area contributed by atoms with Crippen molar-refractivity contribution >= 4 is 16.8 Å². The lowest BCUT2D eigenvalue weighted by Crippen LogP contribution is -2.21. The summed E-state index contributed by atoms with van der Waals surface area (Å²) in [7, 11) is 0. The second-order valence-corrected chi connectivity index (χ2v) is 3.12. The van der Waals surface area contributed by atoms with E-state index in [4.69, 9.17) is 26.8 Å². The van der Waals surface area contributed by atoms with Crippen molar-refractivity contribution in [3.63, 3.8) is 0 Å². The van der Waals surface area contributed by atoms with Crippen LogP contribution in [0.3, 0.4) is 0 Å². The number of nitrogen functional groups attached to an aromatic ring is 1. The Morgan fingerprint density at radius 2 is 1.33 bits per heavy atom. The molecule has 0 saturated carbocycles. The molecule has 5 nitrogen and oxygen atoms in total. The minimum atomic E-state index is -0.889. The Labute approximate surface area is 101 Å². The topological polar surface area (TPSA) is 121 Å². The van der Waals surface area contributed by atoms with Crippen LogP contribution in [0.1, 0.15) is 0 Å². The maximum absolute atomic E-state index is 13.7. The van der Waals surface area contributed by atoms with Crippen molar-refractivity contribution in [2.24, 2.45) is 0 Å². The van der Waals surface area contributed by atoms with Gasteiger partial charge in [-0.05, 0) is 12.1 Å². The molecule has 0 bridgehead atoms.